The van der Waals surface area contributed by atoms with Crippen LogP contribution in [-0.4, -0.2) is 23.8 Å². The summed E-state index contributed by atoms with van der Waals surface area (Å²) >= 11 is 0. The Hall–Kier alpha value is -3.92. The molecule has 0 amide bonds. The van der Waals surface area contributed by atoms with E-state index in [2.05, 4.69) is 115 Å². The quantitative estimate of drug-likeness (QED) is 0.239. The molecule has 5 aromatic carbocycles. The molecule has 1 N–H and O–H groups in total. The first-order valence-corrected chi connectivity index (χ1v) is 14.0. The lowest BCUT2D eigenvalue weighted by Crippen LogP contribution is -2.49. The fourth-order valence-electron chi connectivity index (χ4n) is 6.39. The van der Waals surface area contributed by atoms with Crippen molar-refractivity contribution in [2.75, 3.05) is 0 Å². The first-order valence-electron chi connectivity index (χ1n) is 14.0. The molecule has 0 saturated heterocycles. The van der Waals surface area contributed by atoms with Gasteiger partial charge in [-0.25, -0.2) is 0 Å². The van der Waals surface area contributed by atoms with Gasteiger partial charge in [-0.1, -0.05) is 115 Å². The number of benzene rings is 5. The van der Waals surface area contributed by atoms with Crippen LogP contribution in [0.2, 0.25) is 0 Å². The van der Waals surface area contributed by atoms with E-state index in [1.165, 1.54) is 50.1 Å². The molecule has 0 unspecified atom stereocenters. The van der Waals surface area contributed by atoms with Gasteiger partial charge in [0.2, 0.25) is 0 Å². The number of hydrogen-bond acceptors (Lipinski definition) is 2. The Morgan fingerprint density at radius 2 is 1.00 bits per heavy atom. The van der Waals surface area contributed by atoms with E-state index in [4.69, 9.17) is 4.65 Å². The average molecular weight is 519 g/mol. The van der Waals surface area contributed by atoms with Crippen LogP contribution >= 0.6 is 0 Å². The van der Waals surface area contributed by atoms with Crippen LogP contribution in [0.3, 0.4) is 0 Å². The molecule has 3 heteroatoms. The fraction of sp³-hybridized carbons (Fsp3) is 0.189. The van der Waals surface area contributed by atoms with Crippen molar-refractivity contribution in [3.05, 3.63) is 138 Å². The van der Waals surface area contributed by atoms with Crippen molar-refractivity contribution < 1.29 is 9.76 Å². The van der Waals surface area contributed by atoms with Crippen LogP contribution < -0.4 is 5.46 Å². The summed E-state index contributed by atoms with van der Waals surface area (Å²) < 4.78 is 5.98. The van der Waals surface area contributed by atoms with Gasteiger partial charge in [-0.2, -0.15) is 0 Å². The molecule has 0 aromatic heterocycles. The highest BCUT2D eigenvalue weighted by Crippen LogP contribution is 2.62. The first-order chi connectivity index (χ1) is 19.2. The van der Waals surface area contributed by atoms with Crippen molar-refractivity contribution in [3.8, 4) is 33.4 Å². The zero-order valence-electron chi connectivity index (χ0n) is 23.4. The van der Waals surface area contributed by atoms with E-state index in [0.717, 1.165) is 11.0 Å². The topological polar surface area (TPSA) is 29.5 Å². The summed E-state index contributed by atoms with van der Waals surface area (Å²) in [5, 5.41) is 10.4. The Bertz CT molecular complexity index is 1700. The highest BCUT2D eigenvalue weighted by Gasteiger charge is 2.51. The van der Waals surface area contributed by atoms with Gasteiger partial charge in [-0.15, -0.1) is 0 Å². The number of aliphatic hydroxyl groups is 1. The molecule has 1 spiro atoms. The fourth-order valence-corrected chi connectivity index (χ4v) is 6.39. The molecule has 0 atom stereocenters. The van der Waals surface area contributed by atoms with Crippen molar-refractivity contribution in [1.82, 2.24) is 0 Å². The van der Waals surface area contributed by atoms with E-state index >= 15 is 0 Å². The molecule has 2 aliphatic carbocycles. The minimum atomic E-state index is -0.959. The Morgan fingerprint density at radius 1 is 0.550 bits per heavy atom. The lowest BCUT2D eigenvalue weighted by molar-refractivity contribution is -0.0893. The van der Waals surface area contributed by atoms with E-state index in [9.17, 15) is 5.11 Å². The number of rotatable bonds is 5. The van der Waals surface area contributed by atoms with Crippen LogP contribution in [0, 0.1) is 0 Å². The molecular formula is C37H32BO2. The molecule has 1 radical (unpaired) electrons. The third-order valence-electron chi connectivity index (χ3n) is 9.20. The van der Waals surface area contributed by atoms with E-state index in [1.807, 2.05) is 13.8 Å². The molecule has 2 nitrogen and oxygen atoms in total. The summed E-state index contributed by atoms with van der Waals surface area (Å²) in [7, 11) is 1.74. The summed E-state index contributed by atoms with van der Waals surface area (Å²) in [6.07, 6.45) is 0. The Morgan fingerprint density at radius 3 is 1.50 bits per heavy atom. The van der Waals surface area contributed by atoms with Gasteiger partial charge in [0.25, 0.3) is 0 Å². The second-order valence-electron chi connectivity index (χ2n) is 12.1. The predicted octanol–water partition coefficient (Wildman–Crippen LogP) is 7.51. The summed E-state index contributed by atoms with van der Waals surface area (Å²) in [5.74, 6) is 0. The third kappa shape index (κ3) is 3.51. The van der Waals surface area contributed by atoms with Crippen molar-refractivity contribution in [2.24, 2.45) is 0 Å². The molecule has 0 bridgehead atoms. The summed E-state index contributed by atoms with van der Waals surface area (Å²) in [6.45, 7) is 7.33. The minimum absolute atomic E-state index is 0.334. The second kappa shape index (κ2) is 8.79. The molecule has 0 heterocycles. The highest BCUT2D eigenvalue weighted by molar-refractivity contribution is 6.47. The van der Waals surface area contributed by atoms with Gasteiger partial charge in [0.05, 0.1) is 16.6 Å². The summed E-state index contributed by atoms with van der Waals surface area (Å²) in [5.41, 5.74) is 12.0. The van der Waals surface area contributed by atoms with Gasteiger partial charge in [0.15, 0.2) is 0 Å². The second-order valence-corrected chi connectivity index (χ2v) is 12.1. The van der Waals surface area contributed by atoms with Gasteiger partial charge in [0.1, 0.15) is 0 Å². The standard InChI is InChI=1S/C37H32BO2/c1-35(2,39)36(3,4)40-38-26-20-17-24(18-21-26)25-19-22-30-29-13-7-10-16-33(29)37(34(30)23-25)31-14-8-5-11-27(31)28-12-6-9-15-32(28)37/h5-23,39H,1-4H3. The zero-order valence-corrected chi connectivity index (χ0v) is 23.4. The molecule has 195 valence electrons. The summed E-state index contributed by atoms with van der Waals surface area (Å²) in [4.78, 5) is 0. The normalized spacial score (nSPS) is 14.4. The molecule has 7 rings (SSSR count). The molecule has 0 aliphatic heterocycles. The molecule has 5 aromatic rings. The van der Waals surface area contributed by atoms with Crippen LogP contribution in [0.4, 0.5) is 0 Å². The van der Waals surface area contributed by atoms with Crippen LogP contribution in [0.5, 0.6) is 0 Å². The molecule has 2 aliphatic rings. The van der Waals surface area contributed by atoms with Gasteiger partial charge >= 0.3 is 7.48 Å². The van der Waals surface area contributed by atoms with Crippen molar-refractivity contribution in [3.63, 3.8) is 0 Å². The maximum atomic E-state index is 10.4. The molecule has 0 fully saturated rings. The largest absolute Gasteiger partial charge is 0.427 e. The van der Waals surface area contributed by atoms with Crippen molar-refractivity contribution in [1.29, 1.82) is 0 Å². The molecule has 0 saturated carbocycles. The number of fused-ring (bicyclic) bond motifs is 10. The van der Waals surface area contributed by atoms with E-state index < -0.39 is 11.2 Å². The van der Waals surface area contributed by atoms with Gasteiger partial charge in [0, 0.05) is 0 Å². The smallest absolute Gasteiger partial charge is 0.330 e. The predicted molar refractivity (Wildman–Crippen MR) is 165 cm³/mol. The minimum Gasteiger partial charge on any atom is -0.427 e. The van der Waals surface area contributed by atoms with E-state index in [-0.39, 0.29) is 5.41 Å². The van der Waals surface area contributed by atoms with Gasteiger partial charge < -0.3 is 9.76 Å². The Kier molecular flexibility index (Phi) is 5.51. The van der Waals surface area contributed by atoms with Crippen LogP contribution in [0.25, 0.3) is 33.4 Å². The van der Waals surface area contributed by atoms with Crippen LogP contribution in [0.15, 0.2) is 115 Å². The lowest BCUT2D eigenvalue weighted by Gasteiger charge is -2.37. The van der Waals surface area contributed by atoms with E-state index in [1.54, 1.807) is 21.3 Å². The average Bonchev–Trinajstić information content (AvgIpc) is 3.43. The highest BCUT2D eigenvalue weighted by atomic mass is 16.5. The van der Waals surface area contributed by atoms with Crippen molar-refractivity contribution in [2.45, 2.75) is 44.3 Å². The van der Waals surface area contributed by atoms with Crippen molar-refractivity contribution >= 4 is 12.9 Å². The third-order valence-corrected chi connectivity index (χ3v) is 9.20. The van der Waals surface area contributed by atoms with E-state index in [0.29, 0.717) is 0 Å². The maximum Gasteiger partial charge on any atom is 0.330 e. The van der Waals surface area contributed by atoms with Gasteiger partial charge in [-0.05, 0) is 89.4 Å². The zero-order chi connectivity index (χ0) is 27.7. The monoisotopic (exact) mass is 519 g/mol. The molecule has 40 heavy (non-hydrogen) atoms. The van der Waals surface area contributed by atoms with Crippen LogP contribution in [0.1, 0.15) is 49.9 Å². The Labute approximate surface area is 237 Å². The summed E-state index contributed by atoms with van der Waals surface area (Å²) in [6, 6.07) is 42.1. The first kappa shape index (κ1) is 25.1. The lowest BCUT2D eigenvalue weighted by atomic mass is 9.70. The molecular weight excluding hydrogens is 487 g/mol. The maximum absolute atomic E-state index is 10.4. The SMILES string of the molecule is CC(C)(O)C(C)(C)O[B]c1ccc(-c2ccc3c(c2)C2(c4ccccc4-c4ccccc42)c2ccccc2-3)cc1. The Balaban J connectivity index is 1.34. The van der Waals surface area contributed by atoms with Gasteiger partial charge in [-0.3, -0.25) is 0 Å². The number of hydrogen-bond donors (Lipinski definition) is 1. The van der Waals surface area contributed by atoms with Crippen LogP contribution in [-0.2, 0) is 10.1 Å².